The molecule has 0 spiro atoms. The molecule has 4 rings (SSSR count). The highest BCUT2D eigenvalue weighted by Gasteiger charge is 2.13. The number of halogens is 3. The van der Waals surface area contributed by atoms with E-state index in [-0.39, 0.29) is 22.2 Å². The van der Waals surface area contributed by atoms with Crippen molar-refractivity contribution in [3.8, 4) is 5.75 Å². The highest BCUT2D eigenvalue weighted by atomic mass is 35.5. The lowest BCUT2D eigenvalue weighted by Gasteiger charge is -2.11. The van der Waals surface area contributed by atoms with Gasteiger partial charge < -0.3 is 10.4 Å². The van der Waals surface area contributed by atoms with E-state index in [1.807, 2.05) is 24.3 Å². The third-order valence-electron chi connectivity index (χ3n) is 5.50. The van der Waals surface area contributed by atoms with Gasteiger partial charge in [-0.1, -0.05) is 71.2 Å². The Balaban J connectivity index is 1.47. The lowest BCUT2D eigenvalue weighted by Crippen LogP contribution is -2.26. The third-order valence-corrected chi connectivity index (χ3v) is 6.52. The fraction of sp³-hybridized carbons (Fsp3) is 0.0741. The Kier molecular flexibility index (Phi) is 8.10. The van der Waals surface area contributed by atoms with Crippen LogP contribution in [0.4, 0.5) is 0 Å². The summed E-state index contributed by atoms with van der Waals surface area (Å²) >= 11 is 18.3. The summed E-state index contributed by atoms with van der Waals surface area (Å²) in [4.78, 5) is 25.3. The van der Waals surface area contributed by atoms with E-state index >= 15 is 0 Å². The predicted octanol–water partition coefficient (Wildman–Crippen LogP) is 6.24. The molecule has 3 N–H and O–H groups in total. The molecular weight excluding hydrogens is 521 g/mol. The number of hydrogen-bond acceptors (Lipinski definition) is 4. The van der Waals surface area contributed by atoms with Crippen molar-refractivity contribution in [3.05, 3.63) is 110 Å². The molecule has 0 aliphatic rings. The summed E-state index contributed by atoms with van der Waals surface area (Å²) in [5, 5.41) is 19.2. The highest BCUT2D eigenvalue weighted by Crippen LogP contribution is 2.26. The average molecular weight is 541 g/mol. The molecule has 9 heteroatoms. The summed E-state index contributed by atoms with van der Waals surface area (Å²) in [5.74, 6) is -0.817. The lowest BCUT2D eigenvalue weighted by atomic mass is 9.99. The van der Waals surface area contributed by atoms with Gasteiger partial charge in [-0.2, -0.15) is 5.10 Å². The maximum absolute atomic E-state index is 12.9. The fourth-order valence-electron chi connectivity index (χ4n) is 3.67. The van der Waals surface area contributed by atoms with Gasteiger partial charge >= 0.3 is 0 Å². The molecule has 0 radical (unpaired) electrons. The molecule has 0 aliphatic heterocycles. The van der Waals surface area contributed by atoms with Crippen LogP contribution in [0.15, 0.2) is 77.9 Å². The third kappa shape index (κ3) is 5.79. The van der Waals surface area contributed by atoms with Gasteiger partial charge in [0.1, 0.15) is 5.75 Å². The molecule has 4 aromatic carbocycles. The van der Waals surface area contributed by atoms with E-state index in [1.54, 1.807) is 30.3 Å². The molecule has 0 aromatic heterocycles. The van der Waals surface area contributed by atoms with Crippen LogP contribution in [-0.2, 0) is 6.42 Å². The number of carbonyl (C=O) groups excluding carboxylic acids is 2. The van der Waals surface area contributed by atoms with E-state index < -0.39 is 5.91 Å². The first-order chi connectivity index (χ1) is 17.3. The van der Waals surface area contributed by atoms with Gasteiger partial charge in [-0.05, 0) is 59.2 Å². The first-order valence-electron chi connectivity index (χ1n) is 10.9. The summed E-state index contributed by atoms with van der Waals surface area (Å²) < 4.78 is 0. The van der Waals surface area contributed by atoms with Crippen molar-refractivity contribution >= 4 is 63.6 Å². The van der Waals surface area contributed by atoms with Crippen molar-refractivity contribution in [3.63, 3.8) is 0 Å². The average Bonchev–Trinajstić information content (AvgIpc) is 2.87. The minimum Gasteiger partial charge on any atom is -0.506 e. The number of phenols is 1. The van der Waals surface area contributed by atoms with Crippen molar-refractivity contribution < 1.29 is 14.7 Å². The number of fused-ring (bicyclic) bond motifs is 1. The molecule has 0 heterocycles. The van der Waals surface area contributed by atoms with Crippen molar-refractivity contribution in [1.29, 1.82) is 0 Å². The number of nitrogens with one attached hydrogen (secondary N) is 2. The number of hydrogen-bond donors (Lipinski definition) is 3. The van der Waals surface area contributed by atoms with Crippen molar-refractivity contribution in [2.24, 2.45) is 5.10 Å². The maximum atomic E-state index is 12.9. The zero-order chi connectivity index (χ0) is 25.7. The summed E-state index contributed by atoms with van der Waals surface area (Å²) in [5.41, 5.74) is 4.71. The van der Waals surface area contributed by atoms with E-state index in [1.165, 1.54) is 24.4 Å². The van der Waals surface area contributed by atoms with Crippen LogP contribution >= 0.6 is 34.8 Å². The monoisotopic (exact) mass is 539 g/mol. The zero-order valence-corrected chi connectivity index (χ0v) is 21.0. The molecule has 36 heavy (non-hydrogen) atoms. The Morgan fingerprint density at radius 1 is 0.833 bits per heavy atom. The number of benzene rings is 4. The molecule has 6 nitrogen and oxygen atoms in total. The summed E-state index contributed by atoms with van der Waals surface area (Å²) in [6, 6.07) is 20.3. The highest BCUT2D eigenvalue weighted by molar-refractivity contribution is 6.36. The van der Waals surface area contributed by atoms with Crippen LogP contribution in [0.1, 0.15) is 31.8 Å². The van der Waals surface area contributed by atoms with Gasteiger partial charge in [-0.3, -0.25) is 9.59 Å². The first-order valence-corrected chi connectivity index (χ1v) is 12.0. The van der Waals surface area contributed by atoms with Crippen LogP contribution in [0, 0.1) is 0 Å². The van der Waals surface area contributed by atoms with Gasteiger partial charge in [0.15, 0.2) is 0 Å². The number of amides is 2. The molecule has 0 saturated heterocycles. The second-order valence-electron chi connectivity index (χ2n) is 7.82. The number of rotatable bonds is 7. The van der Waals surface area contributed by atoms with Crippen molar-refractivity contribution in [1.82, 2.24) is 10.7 Å². The van der Waals surface area contributed by atoms with E-state index in [0.29, 0.717) is 34.1 Å². The molecule has 0 aliphatic carbocycles. The van der Waals surface area contributed by atoms with E-state index in [4.69, 9.17) is 34.8 Å². The van der Waals surface area contributed by atoms with Gasteiger partial charge in [0, 0.05) is 33.3 Å². The molecule has 0 fully saturated rings. The van der Waals surface area contributed by atoms with Crippen LogP contribution in [0.25, 0.3) is 10.8 Å². The number of aromatic hydroxyl groups is 1. The largest absolute Gasteiger partial charge is 0.506 e. The number of phenolic OH excluding ortho intramolecular Hbond substituents is 1. The van der Waals surface area contributed by atoms with Gasteiger partial charge in [0.05, 0.1) is 11.2 Å². The Bertz CT molecular complexity index is 1470. The second-order valence-corrected chi connectivity index (χ2v) is 9.04. The molecule has 0 atom stereocenters. The summed E-state index contributed by atoms with van der Waals surface area (Å²) in [6.07, 6.45) is 2.00. The van der Waals surface area contributed by atoms with Crippen molar-refractivity contribution in [2.45, 2.75) is 6.42 Å². The second kappa shape index (κ2) is 11.4. The predicted molar refractivity (Wildman–Crippen MR) is 145 cm³/mol. The summed E-state index contributed by atoms with van der Waals surface area (Å²) in [6.45, 7) is 0.368. The summed E-state index contributed by atoms with van der Waals surface area (Å²) in [7, 11) is 0. The van der Waals surface area contributed by atoms with E-state index in [0.717, 1.165) is 16.3 Å². The van der Waals surface area contributed by atoms with Crippen molar-refractivity contribution in [2.75, 3.05) is 6.54 Å². The quantitative estimate of drug-likeness (QED) is 0.191. The van der Waals surface area contributed by atoms with Crippen LogP contribution in [0.3, 0.4) is 0 Å². The molecule has 2 amide bonds. The van der Waals surface area contributed by atoms with Gasteiger partial charge in [0.25, 0.3) is 11.8 Å². The Morgan fingerprint density at radius 3 is 2.28 bits per heavy atom. The maximum Gasteiger partial charge on any atom is 0.271 e. The number of nitrogens with zero attached hydrogens (tertiary/aromatic N) is 1. The topological polar surface area (TPSA) is 90.8 Å². The SMILES string of the molecule is O=C(NN=Cc1ccc(C(=O)NCCc2c(Cl)cccc2Cl)c2ccccc12)c1ccc(O)c(Cl)c1. The fourth-order valence-corrected chi connectivity index (χ4v) is 4.44. The standard InChI is InChI=1S/C27H20Cl3N3O3/c28-22-6-3-7-23(29)21(22)12-13-31-27(36)20-10-8-17(18-4-1-2-5-19(18)20)15-32-33-26(35)16-9-11-25(34)24(30)14-16/h1-11,14-15,34H,12-13H2,(H,31,36)(H,33,35). The molecular formula is C27H20Cl3N3O3. The Hall–Kier alpha value is -3.58. The Labute approximate surface area is 222 Å². The van der Waals surface area contributed by atoms with Crippen LogP contribution in [-0.4, -0.2) is 29.7 Å². The first kappa shape index (κ1) is 25.5. The molecule has 0 unspecified atom stereocenters. The normalized spacial score (nSPS) is 11.1. The molecule has 0 bridgehead atoms. The van der Waals surface area contributed by atoms with Crippen LogP contribution in [0.5, 0.6) is 5.75 Å². The molecule has 0 saturated carbocycles. The number of hydrazone groups is 1. The van der Waals surface area contributed by atoms with Crippen LogP contribution < -0.4 is 10.7 Å². The Morgan fingerprint density at radius 2 is 1.56 bits per heavy atom. The lowest BCUT2D eigenvalue weighted by molar-refractivity contribution is 0.0947. The van der Waals surface area contributed by atoms with E-state index in [2.05, 4.69) is 15.8 Å². The molecule has 4 aromatic rings. The minimum atomic E-state index is -0.480. The smallest absolute Gasteiger partial charge is 0.271 e. The minimum absolute atomic E-state index is 0.0708. The molecule has 182 valence electrons. The van der Waals surface area contributed by atoms with Gasteiger partial charge in [-0.25, -0.2) is 5.43 Å². The van der Waals surface area contributed by atoms with Crippen LogP contribution in [0.2, 0.25) is 15.1 Å². The zero-order valence-electron chi connectivity index (χ0n) is 18.8. The van der Waals surface area contributed by atoms with Gasteiger partial charge in [0.2, 0.25) is 0 Å². The van der Waals surface area contributed by atoms with E-state index in [9.17, 15) is 14.7 Å². The number of carbonyl (C=O) groups is 2. The van der Waals surface area contributed by atoms with Gasteiger partial charge in [-0.15, -0.1) is 0 Å².